The Balaban J connectivity index is 3.04. The molecule has 92 valence electrons. The van der Waals surface area contributed by atoms with Gasteiger partial charge in [-0.2, -0.15) is 5.26 Å². The van der Waals surface area contributed by atoms with Crippen molar-refractivity contribution >= 4 is 17.3 Å². The summed E-state index contributed by atoms with van der Waals surface area (Å²) in [6.07, 6.45) is -0.109. The molecule has 0 radical (unpaired) electrons. The van der Waals surface area contributed by atoms with Gasteiger partial charge in [-0.25, -0.2) is 0 Å². The summed E-state index contributed by atoms with van der Waals surface area (Å²) < 4.78 is 0. The van der Waals surface area contributed by atoms with Crippen LogP contribution in [0.1, 0.15) is 18.1 Å². The van der Waals surface area contributed by atoms with E-state index in [1.165, 1.54) is 0 Å². The van der Waals surface area contributed by atoms with Gasteiger partial charge in [-0.1, -0.05) is 11.6 Å². The predicted molar refractivity (Wildman–Crippen MR) is 67.1 cm³/mol. The number of aliphatic hydroxyl groups is 2. The molecule has 0 spiro atoms. The highest BCUT2D eigenvalue weighted by Crippen LogP contribution is 2.28. The van der Waals surface area contributed by atoms with Crippen molar-refractivity contribution in [2.24, 2.45) is 0 Å². The van der Waals surface area contributed by atoms with Crippen LogP contribution >= 0.6 is 11.6 Å². The highest BCUT2D eigenvalue weighted by Gasteiger charge is 2.11. The third kappa shape index (κ3) is 3.60. The zero-order chi connectivity index (χ0) is 12.8. The highest BCUT2D eigenvalue weighted by molar-refractivity contribution is 6.32. The summed E-state index contributed by atoms with van der Waals surface area (Å²) in [5, 5.41) is 30.5. The summed E-state index contributed by atoms with van der Waals surface area (Å²) in [5.41, 5.74) is 1.83. The Morgan fingerprint density at radius 2 is 2.24 bits per heavy atom. The Hall–Kier alpha value is -1.28. The topological polar surface area (TPSA) is 76.3 Å². The van der Waals surface area contributed by atoms with Crippen LogP contribution in [0.4, 0.5) is 5.69 Å². The average molecular weight is 255 g/mol. The smallest absolute Gasteiger partial charge is 0.101 e. The number of halogens is 1. The van der Waals surface area contributed by atoms with Gasteiger partial charge < -0.3 is 15.5 Å². The molecule has 1 aromatic carbocycles. The average Bonchev–Trinajstić information content (AvgIpc) is 2.30. The molecule has 1 rings (SSSR count). The molecule has 0 aromatic heterocycles. The quantitative estimate of drug-likeness (QED) is 0.745. The zero-order valence-corrected chi connectivity index (χ0v) is 10.3. The van der Waals surface area contributed by atoms with Crippen molar-refractivity contribution in [3.8, 4) is 6.07 Å². The molecule has 0 fully saturated rings. The number of aliphatic hydroxyl groups excluding tert-OH is 2. The minimum atomic E-state index is -0.480. The molecule has 4 nitrogen and oxygen atoms in total. The Morgan fingerprint density at radius 1 is 1.53 bits per heavy atom. The lowest BCUT2D eigenvalue weighted by molar-refractivity contribution is 0.208. The molecule has 0 unspecified atom stereocenters. The number of hydrogen-bond acceptors (Lipinski definition) is 4. The third-order valence-electron chi connectivity index (χ3n) is 2.31. The summed E-state index contributed by atoms with van der Waals surface area (Å²) in [4.78, 5) is 0. The molecular weight excluding hydrogens is 240 g/mol. The lowest BCUT2D eigenvalue weighted by atomic mass is 10.1. The molecule has 0 saturated heterocycles. The molecule has 0 aliphatic rings. The first-order valence-electron chi connectivity index (χ1n) is 5.34. The minimum absolute atomic E-state index is 0.0437. The first-order chi connectivity index (χ1) is 8.10. The molecule has 5 heteroatoms. The molecule has 0 amide bonds. The summed E-state index contributed by atoms with van der Waals surface area (Å²) >= 11 is 6.07. The van der Waals surface area contributed by atoms with Crippen molar-refractivity contribution in [2.45, 2.75) is 19.4 Å². The molecule has 0 saturated carbocycles. The fraction of sp³-hybridized carbons (Fsp3) is 0.417. The van der Waals surface area contributed by atoms with Gasteiger partial charge in [0.2, 0.25) is 0 Å². The zero-order valence-electron chi connectivity index (χ0n) is 9.57. The van der Waals surface area contributed by atoms with Crippen LogP contribution in [0.2, 0.25) is 5.02 Å². The van der Waals surface area contributed by atoms with Crippen LogP contribution in [-0.2, 0) is 6.42 Å². The van der Waals surface area contributed by atoms with E-state index in [4.69, 9.17) is 22.0 Å². The number of benzene rings is 1. The van der Waals surface area contributed by atoms with E-state index in [-0.39, 0.29) is 6.61 Å². The summed E-state index contributed by atoms with van der Waals surface area (Å²) in [5.74, 6) is 0. The van der Waals surface area contributed by atoms with Crippen LogP contribution in [-0.4, -0.2) is 29.5 Å². The number of nitrogens with one attached hydrogen (secondary N) is 1. The number of anilines is 1. The summed E-state index contributed by atoms with van der Waals surface area (Å²) in [6.45, 7) is 2.02. The first-order valence-corrected chi connectivity index (χ1v) is 5.72. The van der Waals surface area contributed by atoms with Gasteiger partial charge in [-0.05, 0) is 31.0 Å². The summed E-state index contributed by atoms with van der Waals surface area (Å²) in [7, 11) is 0. The largest absolute Gasteiger partial charge is 0.396 e. The minimum Gasteiger partial charge on any atom is -0.396 e. The van der Waals surface area contributed by atoms with Crippen LogP contribution in [0.15, 0.2) is 12.1 Å². The van der Waals surface area contributed by atoms with Crippen LogP contribution in [0.5, 0.6) is 0 Å². The fourth-order valence-corrected chi connectivity index (χ4v) is 1.79. The molecule has 17 heavy (non-hydrogen) atoms. The lowest BCUT2D eigenvalue weighted by Gasteiger charge is -2.14. The van der Waals surface area contributed by atoms with Crippen molar-refractivity contribution in [1.29, 1.82) is 5.26 Å². The number of hydrogen-bond donors (Lipinski definition) is 3. The monoisotopic (exact) mass is 254 g/mol. The molecule has 0 bridgehead atoms. The Bertz CT molecular complexity index is 427. The van der Waals surface area contributed by atoms with E-state index < -0.39 is 6.10 Å². The van der Waals surface area contributed by atoms with Gasteiger partial charge in [0.05, 0.1) is 16.7 Å². The Labute approximate surface area is 105 Å². The maximum Gasteiger partial charge on any atom is 0.101 e. The Morgan fingerprint density at radius 3 is 2.76 bits per heavy atom. The van der Waals surface area contributed by atoms with Gasteiger partial charge in [-0.15, -0.1) is 0 Å². The maximum absolute atomic E-state index is 9.21. The normalized spacial score (nSPS) is 11.9. The van der Waals surface area contributed by atoms with Gasteiger partial charge in [0.25, 0.3) is 0 Å². The molecule has 0 aliphatic heterocycles. The van der Waals surface area contributed by atoms with E-state index in [0.29, 0.717) is 29.1 Å². The van der Waals surface area contributed by atoms with Crippen molar-refractivity contribution in [3.63, 3.8) is 0 Å². The second-order valence-corrected chi connectivity index (χ2v) is 4.15. The maximum atomic E-state index is 9.21. The van der Waals surface area contributed by atoms with E-state index in [0.717, 1.165) is 5.69 Å². The first kappa shape index (κ1) is 13.8. The number of nitriles is 1. The molecule has 1 aromatic rings. The highest BCUT2D eigenvalue weighted by atomic mass is 35.5. The van der Waals surface area contributed by atoms with Crippen LogP contribution < -0.4 is 5.32 Å². The predicted octanol–water partition coefficient (Wildman–Crippen LogP) is 1.54. The standard InChI is InChI=1S/C12H15ClN2O2/c1-8(17)7-15-11-3-2-9(6-14)12(13)10(11)4-5-16/h2-3,8,15-17H,4-5,7H2,1H3/t8-/m0/s1. The van der Waals surface area contributed by atoms with Crippen LogP contribution in [0.3, 0.4) is 0 Å². The Kier molecular flexibility index (Phi) is 5.23. The molecule has 0 heterocycles. The van der Waals surface area contributed by atoms with E-state index >= 15 is 0 Å². The number of rotatable bonds is 5. The molecular formula is C12H15ClN2O2. The van der Waals surface area contributed by atoms with Crippen molar-refractivity contribution in [2.75, 3.05) is 18.5 Å². The van der Waals surface area contributed by atoms with Crippen molar-refractivity contribution in [3.05, 3.63) is 28.3 Å². The van der Waals surface area contributed by atoms with E-state index in [1.807, 2.05) is 6.07 Å². The fourth-order valence-electron chi connectivity index (χ4n) is 1.49. The van der Waals surface area contributed by atoms with Gasteiger partial charge in [0.1, 0.15) is 6.07 Å². The van der Waals surface area contributed by atoms with E-state index in [2.05, 4.69) is 5.32 Å². The summed E-state index contributed by atoms with van der Waals surface area (Å²) in [6, 6.07) is 5.35. The third-order valence-corrected chi connectivity index (χ3v) is 2.75. The SMILES string of the molecule is C[C@H](O)CNc1ccc(C#N)c(Cl)c1CCO. The van der Waals surface area contributed by atoms with Crippen molar-refractivity contribution < 1.29 is 10.2 Å². The van der Waals surface area contributed by atoms with Gasteiger partial charge in [0, 0.05) is 18.8 Å². The molecule has 3 N–H and O–H groups in total. The second-order valence-electron chi connectivity index (χ2n) is 3.77. The van der Waals surface area contributed by atoms with Gasteiger partial charge >= 0.3 is 0 Å². The van der Waals surface area contributed by atoms with E-state index in [1.54, 1.807) is 19.1 Å². The number of nitrogens with zero attached hydrogens (tertiary/aromatic N) is 1. The molecule has 0 aliphatic carbocycles. The second kappa shape index (κ2) is 6.45. The lowest BCUT2D eigenvalue weighted by Crippen LogP contribution is -2.16. The van der Waals surface area contributed by atoms with Crippen LogP contribution in [0, 0.1) is 11.3 Å². The van der Waals surface area contributed by atoms with Gasteiger partial charge in [-0.3, -0.25) is 0 Å². The molecule has 1 atom stereocenters. The van der Waals surface area contributed by atoms with Crippen LogP contribution in [0.25, 0.3) is 0 Å². The van der Waals surface area contributed by atoms with Crippen molar-refractivity contribution in [1.82, 2.24) is 0 Å². The van der Waals surface area contributed by atoms with Gasteiger partial charge in [0.15, 0.2) is 0 Å². The van der Waals surface area contributed by atoms with E-state index in [9.17, 15) is 5.11 Å².